The van der Waals surface area contributed by atoms with E-state index >= 15 is 0 Å². The molecule has 0 saturated heterocycles. The second-order valence-corrected chi connectivity index (χ2v) is 9.87. The van der Waals surface area contributed by atoms with Crippen molar-refractivity contribution in [3.05, 3.63) is 49.0 Å². The van der Waals surface area contributed by atoms with Crippen molar-refractivity contribution in [3.8, 4) is 0 Å². The Morgan fingerprint density at radius 2 is 1.95 bits per heavy atom. The Kier molecular flexibility index (Phi) is 4.52. The van der Waals surface area contributed by atoms with Crippen molar-refractivity contribution in [1.29, 1.82) is 0 Å². The van der Waals surface area contributed by atoms with E-state index < -0.39 is 9.84 Å². The standard InChI is InChI=1S/C12H11Br2NO2S2/c1-19(16,17)8-4-2-3-7(5-8)11(15)9-6-10(13)18-12(9)14/h2-6,11H,15H2,1H3. The molecule has 1 aromatic carbocycles. The lowest BCUT2D eigenvalue weighted by Gasteiger charge is -2.12. The van der Waals surface area contributed by atoms with Gasteiger partial charge in [0, 0.05) is 6.26 Å². The quantitative estimate of drug-likeness (QED) is 0.816. The van der Waals surface area contributed by atoms with Crippen LogP contribution < -0.4 is 5.73 Å². The zero-order valence-corrected chi connectivity index (χ0v) is 14.7. The molecule has 0 bridgehead atoms. The Bertz CT molecular complexity index is 710. The summed E-state index contributed by atoms with van der Waals surface area (Å²) in [6.07, 6.45) is 1.19. The Morgan fingerprint density at radius 3 is 2.47 bits per heavy atom. The summed E-state index contributed by atoms with van der Waals surface area (Å²) in [4.78, 5) is 0.283. The largest absolute Gasteiger partial charge is 0.320 e. The average molecular weight is 425 g/mol. The van der Waals surface area contributed by atoms with Crippen molar-refractivity contribution in [2.45, 2.75) is 10.9 Å². The molecule has 0 fully saturated rings. The molecule has 1 heterocycles. The summed E-state index contributed by atoms with van der Waals surface area (Å²) in [5.41, 5.74) is 7.91. The van der Waals surface area contributed by atoms with Gasteiger partial charge < -0.3 is 5.73 Å². The van der Waals surface area contributed by atoms with Gasteiger partial charge in [0.15, 0.2) is 9.84 Å². The summed E-state index contributed by atoms with van der Waals surface area (Å²) in [6, 6.07) is 8.31. The minimum Gasteiger partial charge on any atom is -0.320 e. The smallest absolute Gasteiger partial charge is 0.175 e. The van der Waals surface area contributed by atoms with Crippen molar-refractivity contribution >= 4 is 53.0 Å². The number of halogens is 2. The van der Waals surface area contributed by atoms with Crippen molar-refractivity contribution in [2.24, 2.45) is 5.73 Å². The van der Waals surface area contributed by atoms with Gasteiger partial charge in [-0.2, -0.15) is 0 Å². The summed E-state index contributed by atoms with van der Waals surface area (Å²) < 4.78 is 25.0. The van der Waals surface area contributed by atoms with E-state index in [1.54, 1.807) is 18.2 Å². The van der Waals surface area contributed by atoms with Gasteiger partial charge in [0.05, 0.1) is 18.5 Å². The molecule has 19 heavy (non-hydrogen) atoms. The highest BCUT2D eigenvalue weighted by Crippen LogP contribution is 2.37. The molecule has 2 rings (SSSR count). The molecular weight excluding hydrogens is 414 g/mol. The third-order valence-corrected chi connectivity index (χ3v) is 6.16. The third kappa shape index (κ3) is 3.46. The van der Waals surface area contributed by atoms with Crippen molar-refractivity contribution in [2.75, 3.05) is 6.26 Å². The lowest BCUT2D eigenvalue weighted by Crippen LogP contribution is -2.12. The lowest BCUT2D eigenvalue weighted by atomic mass is 10.0. The minimum atomic E-state index is -3.22. The number of sulfone groups is 1. The van der Waals surface area contributed by atoms with Crippen molar-refractivity contribution in [1.82, 2.24) is 0 Å². The predicted octanol–water partition coefficient (Wildman–Crippen LogP) is 3.72. The highest BCUT2D eigenvalue weighted by atomic mass is 79.9. The minimum absolute atomic E-state index is 0.283. The first-order valence-corrected chi connectivity index (χ1v) is 9.59. The van der Waals surface area contributed by atoms with Crippen LogP contribution in [-0.2, 0) is 9.84 Å². The van der Waals surface area contributed by atoms with Crippen LogP contribution in [0.2, 0.25) is 0 Å². The zero-order valence-electron chi connectivity index (χ0n) is 9.93. The number of nitrogens with two attached hydrogens (primary N) is 1. The van der Waals surface area contributed by atoms with Crippen LogP contribution in [0.1, 0.15) is 17.2 Å². The second kappa shape index (κ2) is 5.65. The van der Waals surface area contributed by atoms with Gasteiger partial charge in [-0.25, -0.2) is 8.42 Å². The van der Waals surface area contributed by atoms with E-state index in [9.17, 15) is 8.42 Å². The van der Waals surface area contributed by atoms with Gasteiger partial charge in [-0.05, 0) is 61.2 Å². The van der Waals surface area contributed by atoms with Crippen molar-refractivity contribution in [3.63, 3.8) is 0 Å². The zero-order chi connectivity index (χ0) is 14.2. The van der Waals surface area contributed by atoms with E-state index in [0.717, 1.165) is 18.7 Å². The van der Waals surface area contributed by atoms with E-state index in [2.05, 4.69) is 31.9 Å². The fourth-order valence-electron chi connectivity index (χ4n) is 1.68. The molecule has 0 aliphatic heterocycles. The molecule has 7 heteroatoms. The number of benzene rings is 1. The third-order valence-electron chi connectivity index (χ3n) is 2.66. The van der Waals surface area contributed by atoms with E-state index in [-0.39, 0.29) is 10.9 Å². The van der Waals surface area contributed by atoms with Crippen LogP contribution in [0, 0.1) is 0 Å². The summed E-state index contributed by atoms with van der Waals surface area (Å²) in [5.74, 6) is 0. The molecule has 0 radical (unpaired) electrons. The summed E-state index contributed by atoms with van der Waals surface area (Å²) >= 11 is 8.41. The first kappa shape index (κ1) is 15.2. The van der Waals surface area contributed by atoms with Gasteiger partial charge in [-0.15, -0.1) is 11.3 Å². The van der Waals surface area contributed by atoms with Crippen molar-refractivity contribution < 1.29 is 8.42 Å². The van der Waals surface area contributed by atoms with E-state index in [1.165, 1.54) is 17.6 Å². The van der Waals surface area contributed by atoms with Gasteiger partial charge >= 0.3 is 0 Å². The maximum Gasteiger partial charge on any atom is 0.175 e. The molecule has 0 spiro atoms. The molecule has 2 N–H and O–H groups in total. The number of hydrogen-bond acceptors (Lipinski definition) is 4. The van der Waals surface area contributed by atoms with Crippen LogP contribution >= 0.6 is 43.2 Å². The van der Waals surface area contributed by atoms with Crippen LogP contribution in [-0.4, -0.2) is 14.7 Å². The highest BCUT2D eigenvalue weighted by Gasteiger charge is 2.17. The summed E-state index contributed by atoms with van der Waals surface area (Å²) in [6.45, 7) is 0. The molecule has 3 nitrogen and oxygen atoms in total. The van der Waals surface area contributed by atoms with Crippen LogP contribution in [0.15, 0.2) is 42.8 Å². The molecule has 0 amide bonds. The Morgan fingerprint density at radius 1 is 1.26 bits per heavy atom. The molecular formula is C12H11Br2NO2S2. The van der Waals surface area contributed by atoms with Gasteiger partial charge in [-0.1, -0.05) is 12.1 Å². The molecule has 1 unspecified atom stereocenters. The summed E-state index contributed by atoms with van der Waals surface area (Å²) in [5, 5.41) is 0. The first-order valence-electron chi connectivity index (χ1n) is 5.29. The Hall–Kier alpha value is -0.210. The average Bonchev–Trinajstić information content (AvgIpc) is 2.66. The number of hydrogen-bond donors (Lipinski definition) is 1. The fourth-order valence-corrected chi connectivity index (χ4v) is 5.29. The van der Waals surface area contributed by atoms with Crippen LogP contribution in [0.3, 0.4) is 0 Å². The predicted molar refractivity (Wildman–Crippen MR) is 85.3 cm³/mol. The summed E-state index contributed by atoms with van der Waals surface area (Å²) in [7, 11) is -3.22. The number of thiophene rings is 1. The highest BCUT2D eigenvalue weighted by molar-refractivity contribution is 9.12. The maximum absolute atomic E-state index is 11.6. The molecule has 0 aliphatic rings. The topological polar surface area (TPSA) is 60.2 Å². The van der Waals surface area contributed by atoms with Crippen LogP contribution in [0.4, 0.5) is 0 Å². The van der Waals surface area contributed by atoms with E-state index in [0.29, 0.717) is 0 Å². The molecule has 102 valence electrons. The Balaban J connectivity index is 2.45. The van der Waals surface area contributed by atoms with Crippen LogP contribution in [0.5, 0.6) is 0 Å². The SMILES string of the molecule is CS(=O)(=O)c1cccc(C(N)c2cc(Br)sc2Br)c1. The van der Waals surface area contributed by atoms with Gasteiger partial charge in [0.2, 0.25) is 0 Å². The van der Waals surface area contributed by atoms with Gasteiger partial charge in [-0.3, -0.25) is 0 Å². The van der Waals surface area contributed by atoms with Gasteiger partial charge in [0.1, 0.15) is 0 Å². The normalized spacial score (nSPS) is 13.5. The Labute approximate surface area is 133 Å². The van der Waals surface area contributed by atoms with Gasteiger partial charge in [0.25, 0.3) is 0 Å². The van der Waals surface area contributed by atoms with Crippen LogP contribution in [0.25, 0.3) is 0 Å². The fraction of sp³-hybridized carbons (Fsp3) is 0.167. The first-order chi connectivity index (χ1) is 8.79. The molecule has 1 atom stereocenters. The lowest BCUT2D eigenvalue weighted by molar-refractivity contribution is 0.601. The molecule has 0 saturated carbocycles. The number of rotatable bonds is 3. The maximum atomic E-state index is 11.6. The van der Waals surface area contributed by atoms with E-state index in [4.69, 9.17) is 5.73 Å². The second-order valence-electron chi connectivity index (χ2n) is 4.10. The van der Waals surface area contributed by atoms with E-state index in [1.807, 2.05) is 12.1 Å². The monoisotopic (exact) mass is 423 g/mol. The molecule has 0 aliphatic carbocycles. The molecule has 1 aromatic heterocycles. The molecule has 2 aromatic rings.